The number of halogens is 1. The molecule has 5 nitrogen and oxygen atoms in total. The van der Waals surface area contributed by atoms with Crippen LogP contribution in [0.25, 0.3) is 10.9 Å². The Bertz CT molecular complexity index is 1070. The van der Waals surface area contributed by atoms with E-state index >= 15 is 0 Å². The normalized spacial score (nSPS) is 12.2. The molecule has 2 aromatic heterocycles. The molecule has 0 aliphatic heterocycles. The number of hydrogen-bond acceptors (Lipinski definition) is 3. The number of hydrogen-bond donors (Lipinski definition) is 1. The number of aromatic nitrogens is 2. The molecular formula is C21H18FN3O2. The molecule has 1 N–H and O–H groups in total. The van der Waals surface area contributed by atoms with Gasteiger partial charge in [-0.25, -0.2) is 4.39 Å². The topological polar surface area (TPSA) is 60.1 Å². The molecule has 0 spiro atoms. The Balaban J connectivity index is 1.57. The fourth-order valence-electron chi connectivity index (χ4n) is 2.99. The Morgan fingerprint density at radius 2 is 2.04 bits per heavy atom. The summed E-state index contributed by atoms with van der Waals surface area (Å²) >= 11 is 0. The average molecular weight is 363 g/mol. The third-order valence-electron chi connectivity index (χ3n) is 4.47. The van der Waals surface area contributed by atoms with Gasteiger partial charge in [0.1, 0.15) is 11.6 Å². The van der Waals surface area contributed by atoms with E-state index in [-0.39, 0.29) is 17.8 Å². The van der Waals surface area contributed by atoms with E-state index in [2.05, 4.69) is 10.4 Å². The number of amides is 1. The molecular weight excluding hydrogens is 345 g/mol. The van der Waals surface area contributed by atoms with Crippen LogP contribution in [-0.2, 0) is 6.54 Å². The van der Waals surface area contributed by atoms with E-state index in [1.807, 2.05) is 25.1 Å². The minimum Gasteiger partial charge on any atom is -0.467 e. The zero-order valence-electron chi connectivity index (χ0n) is 14.7. The summed E-state index contributed by atoms with van der Waals surface area (Å²) in [5.74, 6) is 0.245. The van der Waals surface area contributed by atoms with Crippen LogP contribution in [0.2, 0.25) is 0 Å². The van der Waals surface area contributed by atoms with Gasteiger partial charge in [-0.1, -0.05) is 18.2 Å². The molecule has 2 heterocycles. The smallest absolute Gasteiger partial charge is 0.251 e. The van der Waals surface area contributed by atoms with Crippen molar-refractivity contribution in [3.8, 4) is 0 Å². The van der Waals surface area contributed by atoms with Crippen molar-refractivity contribution in [2.75, 3.05) is 0 Å². The third-order valence-corrected chi connectivity index (χ3v) is 4.47. The first-order chi connectivity index (χ1) is 13.1. The van der Waals surface area contributed by atoms with Crippen LogP contribution in [0.5, 0.6) is 0 Å². The monoisotopic (exact) mass is 363 g/mol. The van der Waals surface area contributed by atoms with Crippen molar-refractivity contribution >= 4 is 16.8 Å². The number of carbonyl (C=O) groups excluding carboxylic acids is 1. The molecule has 0 aliphatic rings. The van der Waals surface area contributed by atoms with Gasteiger partial charge in [0.2, 0.25) is 0 Å². The molecule has 136 valence electrons. The van der Waals surface area contributed by atoms with E-state index < -0.39 is 0 Å². The Morgan fingerprint density at radius 3 is 2.78 bits per heavy atom. The van der Waals surface area contributed by atoms with Crippen LogP contribution in [-0.4, -0.2) is 15.7 Å². The summed E-state index contributed by atoms with van der Waals surface area (Å²) in [7, 11) is 0. The van der Waals surface area contributed by atoms with E-state index in [1.165, 1.54) is 12.1 Å². The first-order valence-corrected chi connectivity index (χ1v) is 8.64. The molecule has 0 saturated heterocycles. The van der Waals surface area contributed by atoms with Gasteiger partial charge in [0.05, 0.1) is 30.6 Å². The lowest BCUT2D eigenvalue weighted by atomic mass is 10.1. The second kappa shape index (κ2) is 7.07. The van der Waals surface area contributed by atoms with Crippen LogP contribution < -0.4 is 5.32 Å². The highest BCUT2D eigenvalue weighted by molar-refractivity contribution is 5.98. The highest BCUT2D eigenvalue weighted by Crippen LogP contribution is 2.19. The molecule has 27 heavy (non-hydrogen) atoms. The summed E-state index contributed by atoms with van der Waals surface area (Å²) in [5.41, 5.74) is 2.32. The van der Waals surface area contributed by atoms with Crippen molar-refractivity contribution in [3.05, 3.63) is 89.8 Å². The summed E-state index contributed by atoms with van der Waals surface area (Å²) in [4.78, 5) is 12.6. The zero-order valence-corrected chi connectivity index (χ0v) is 14.7. The average Bonchev–Trinajstić information content (AvgIpc) is 3.34. The number of fused-ring (bicyclic) bond motifs is 1. The molecule has 2 aromatic carbocycles. The van der Waals surface area contributed by atoms with Crippen molar-refractivity contribution in [1.82, 2.24) is 15.1 Å². The summed E-state index contributed by atoms with van der Waals surface area (Å²) in [6.45, 7) is 2.37. The lowest BCUT2D eigenvalue weighted by molar-refractivity contribution is 0.0935. The summed E-state index contributed by atoms with van der Waals surface area (Å²) in [6, 6.07) is 15.2. The van der Waals surface area contributed by atoms with Crippen LogP contribution in [0.4, 0.5) is 4.39 Å². The molecule has 1 atom stereocenters. The van der Waals surface area contributed by atoms with Crippen LogP contribution in [0.1, 0.15) is 34.6 Å². The van der Waals surface area contributed by atoms with Crippen LogP contribution in [0.15, 0.2) is 71.5 Å². The quantitative estimate of drug-likeness (QED) is 0.575. The molecule has 1 unspecified atom stereocenters. The lowest BCUT2D eigenvalue weighted by Crippen LogP contribution is -2.26. The van der Waals surface area contributed by atoms with Gasteiger partial charge in [-0.05, 0) is 48.9 Å². The fraction of sp³-hybridized carbons (Fsp3) is 0.143. The minimum absolute atomic E-state index is 0.185. The first-order valence-electron chi connectivity index (χ1n) is 8.64. The van der Waals surface area contributed by atoms with Gasteiger partial charge in [0.25, 0.3) is 5.91 Å². The number of nitrogens with zero attached hydrogens (tertiary/aromatic N) is 2. The second-order valence-corrected chi connectivity index (χ2v) is 6.41. The van der Waals surface area contributed by atoms with Gasteiger partial charge in [0.15, 0.2) is 0 Å². The van der Waals surface area contributed by atoms with Crippen molar-refractivity contribution in [2.45, 2.75) is 19.5 Å². The van der Waals surface area contributed by atoms with Crippen molar-refractivity contribution in [2.24, 2.45) is 0 Å². The van der Waals surface area contributed by atoms with E-state index in [4.69, 9.17) is 4.42 Å². The van der Waals surface area contributed by atoms with Gasteiger partial charge in [-0.2, -0.15) is 5.10 Å². The Morgan fingerprint density at radius 1 is 1.22 bits per heavy atom. The Kier molecular flexibility index (Phi) is 4.46. The Hall–Kier alpha value is -3.41. The molecule has 6 heteroatoms. The molecule has 0 saturated carbocycles. The largest absolute Gasteiger partial charge is 0.467 e. The predicted molar refractivity (Wildman–Crippen MR) is 99.8 cm³/mol. The summed E-state index contributed by atoms with van der Waals surface area (Å²) < 4.78 is 20.2. The number of carbonyl (C=O) groups is 1. The van der Waals surface area contributed by atoms with Gasteiger partial charge in [0, 0.05) is 10.9 Å². The second-order valence-electron chi connectivity index (χ2n) is 6.41. The number of rotatable bonds is 5. The highest BCUT2D eigenvalue weighted by Gasteiger charge is 2.15. The van der Waals surface area contributed by atoms with Crippen LogP contribution in [0, 0.1) is 5.82 Å². The van der Waals surface area contributed by atoms with E-state index in [1.54, 1.807) is 41.4 Å². The highest BCUT2D eigenvalue weighted by atomic mass is 19.1. The van der Waals surface area contributed by atoms with Gasteiger partial charge in [-0.3, -0.25) is 9.48 Å². The van der Waals surface area contributed by atoms with Crippen molar-refractivity contribution in [1.29, 1.82) is 0 Å². The van der Waals surface area contributed by atoms with Gasteiger partial charge < -0.3 is 9.73 Å². The molecule has 4 rings (SSSR count). The van der Waals surface area contributed by atoms with Gasteiger partial charge in [-0.15, -0.1) is 0 Å². The maximum Gasteiger partial charge on any atom is 0.251 e. The molecule has 4 aromatic rings. The summed E-state index contributed by atoms with van der Waals surface area (Å²) in [6.07, 6.45) is 3.34. The van der Waals surface area contributed by atoms with E-state index in [0.717, 1.165) is 16.5 Å². The van der Waals surface area contributed by atoms with Crippen molar-refractivity contribution in [3.63, 3.8) is 0 Å². The van der Waals surface area contributed by atoms with Gasteiger partial charge >= 0.3 is 0 Å². The lowest BCUT2D eigenvalue weighted by Gasteiger charge is -2.12. The van der Waals surface area contributed by atoms with Crippen molar-refractivity contribution < 1.29 is 13.6 Å². The number of furan rings is 1. The minimum atomic E-state index is -0.270. The fourth-order valence-corrected chi connectivity index (χ4v) is 2.99. The first kappa shape index (κ1) is 17.0. The maximum absolute atomic E-state index is 13.1. The molecule has 1 amide bonds. The number of nitrogens with one attached hydrogen (secondary N) is 1. The molecule has 0 fully saturated rings. The number of benzene rings is 2. The molecule has 0 aliphatic carbocycles. The maximum atomic E-state index is 13.1. The molecule has 0 radical (unpaired) electrons. The predicted octanol–water partition coefficient (Wildman–Crippen LogP) is 4.31. The Labute approximate surface area is 155 Å². The van der Waals surface area contributed by atoms with Crippen LogP contribution in [0.3, 0.4) is 0 Å². The van der Waals surface area contributed by atoms with Crippen LogP contribution >= 0.6 is 0 Å². The molecule has 0 bridgehead atoms. The summed E-state index contributed by atoms with van der Waals surface area (Å²) in [5, 5.41) is 8.26. The standard InChI is InChI=1S/C21H18FN3O2/c1-14(20-3-2-10-27-20)24-21(26)16-6-7-17-12-23-25(19(17)11-16)13-15-4-8-18(22)9-5-15/h2-12,14H,13H2,1H3,(H,24,26). The van der Waals surface area contributed by atoms with E-state index in [0.29, 0.717) is 17.9 Å². The zero-order chi connectivity index (χ0) is 18.8. The van der Waals surface area contributed by atoms with E-state index in [9.17, 15) is 9.18 Å². The SMILES string of the molecule is CC(NC(=O)c1ccc2cnn(Cc3ccc(F)cc3)c2c1)c1ccco1. The third kappa shape index (κ3) is 3.60.